The van der Waals surface area contributed by atoms with Crippen LogP contribution < -0.4 is 10.9 Å². The zero-order chi connectivity index (χ0) is 20.9. The van der Waals surface area contributed by atoms with Gasteiger partial charge in [-0.3, -0.25) is 9.78 Å². The van der Waals surface area contributed by atoms with Gasteiger partial charge in [-0.25, -0.2) is 4.98 Å². The lowest BCUT2D eigenvalue weighted by Crippen LogP contribution is -2.13. The second-order valence-electron chi connectivity index (χ2n) is 7.73. The maximum Gasteiger partial charge on any atom is 0.278 e. The van der Waals surface area contributed by atoms with Crippen LogP contribution in [-0.2, 0) is 6.54 Å². The Labute approximate surface area is 177 Å². The molecule has 0 radical (unpaired) electrons. The van der Waals surface area contributed by atoms with Crippen molar-refractivity contribution in [2.24, 2.45) is 0 Å². The molecule has 6 nitrogen and oxygen atoms in total. The van der Waals surface area contributed by atoms with Crippen LogP contribution in [0.1, 0.15) is 11.1 Å². The van der Waals surface area contributed by atoms with Gasteiger partial charge in [-0.1, -0.05) is 60.7 Å². The average Bonchev–Trinajstić information content (AvgIpc) is 3.28. The molecular weight excluding hydrogens is 386 g/mol. The van der Waals surface area contributed by atoms with Crippen LogP contribution in [0.5, 0.6) is 0 Å². The van der Waals surface area contributed by atoms with E-state index in [9.17, 15) is 4.79 Å². The van der Waals surface area contributed by atoms with Gasteiger partial charge in [0.15, 0.2) is 11.2 Å². The number of aromatic nitrogens is 4. The number of aryl methyl sites for hydroxylation is 1. The maximum atomic E-state index is 12.3. The van der Waals surface area contributed by atoms with Gasteiger partial charge in [0.25, 0.3) is 5.56 Å². The van der Waals surface area contributed by atoms with Gasteiger partial charge in [-0.15, -0.1) is 0 Å². The van der Waals surface area contributed by atoms with Crippen LogP contribution in [0.2, 0.25) is 0 Å². The number of nitrogens with one attached hydrogen (secondary N) is 3. The highest BCUT2D eigenvalue weighted by atomic mass is 16.1. The maximum absolute atomic E-state index is 12.3. The summed E-state index contributed by atoms with van der Waals surface area (Å²) in [7, 11) is 0. The summed E-state index contributed by atoms with van der Waals surface area (Å²) >= 11 is 0. The van der Waals surface area contributed by atoms with Crippen molar-refractivity contribution in [3.05, 3.63) is 88.5 Å². The average molecular weight is 405 g/mol. The molecule has 31 heavy (non-hydrogen) atoms. The molecule has 0 bridgehead atoms. The number of imidazole rings is 1. The van der Waals surface area contributed by atoms with Crippen molar-refractivity contribution in [2.75, 3.05) is 5.32 Å². The molecule has 0 saturated heterocycles. The van der Waals surface area contributed by atoms with Crippen molar-refractivity contribution >= 4 is 49.4 Å². The number of fused-ring (bicyclic) bond motifs is 5. The topological polar surface area (TPSA) is 86.5 Å². The third-order valence-electron chi connectivity index (χ3n) is 6.01. The number of benzene rings is 4. The Kier molecular flexibility index (Phi) is 3.80. The van der Waals surface area contributed by atoms with Gasteiger partial charge in [0.2, 0.25) is 5.95 Å². The number of hydrogen-bond donors (Lipinski definition) is 3. The molecule has 6 aromatic rings. The summed E-state index contributed by atoms with van der Waals surface area (Å²) in [6.07, 6.45) is 1.47. The summed E-state index contributed by atoms with van der Waals surface area (Å²) < 4.78 is 0. The van der Waals surface area contributed by atoms with Crippen molar-refractivity contribution in [3.8, 4) is 0 Å². The smallest absolute Gasteiger partial charge is 0.278 e. The zero-order valence-corrected chi connectivity index (χ0v) is 16.9. The molecule has 2 heterocycles. The van der Waals surface area contributed by atoms with Crippen LogP contribution >= 0.6 is 0 Å². The van der Waals surface area contributed by atoms with Gasteiger partial charge >= 0.3 is 0 Å². The van der Waals surface area contributed by atoms with Gasteiger partial charge in [-0.05, 0) is 50.4 Å². The largest absolute Gasteiger partial charge is 0.352 e. The lowest BCUT2D eigenvalue weighted by molar-refractivity contribution is 1.06. The third-order valence-corrected chi connectivity index (χ3v) is 6.01. The summed E-state index contributed by atoms with van der Waals surface area (Å²) in [6, 6.07) is 21.3. The molecular formula is C25H19N5O. The van der Waals surface area contributed by atoms with E-state index in [2.05, 4.69) is 92.8 Å². The summed E-state index contributed by atoms with van der Waals surface area (Å²) in [6.45, 7) is 2.72. The molecule has 0 aliphatic heterocycles. The van der Waals surface area contributed by atoms with Crippen molar-refractivity contribution < 1.29 is 0 Å². The minimum atomic E-state index is -0.241. The molecule has 6 heteroatoms. The molecule has 6 rings (SSSR count). The SMILES string of the molecule is Cc1c2ccccc2c(CNc2nc3nc[nH]c3c(=O)[nH]2)c2ccc3ccccc3c12. The first kappa shape index (κ1) is 17.7. The highest BCUT2D eigenvalue weighted by Crippen LogP contribution is 2.37. The molecule has 0 aliphatic rings. The molecule has 0 amide bonds. The molecule has 4 aromatic carbocycles. The standard InChI is InChI=1S/C25H19N5O/c1-14-16-7-4-5-9-18(16)20(19-11-10-15-6-2-3-8-17(15)21(14)19)12-26-25-29-23-22(24(31)30-25)27-13-28-23/h2-11,13H,12H2,1H3,(H3,26,27,28,29,30,31). The molecule has 150 valence electrons. The Morgan fingerprint density at radius 1 is 0.903 bits per heavy atom. The quantitative estimate of drug-likeness (QED) is 0.285. The molecule has 2 aromatic heterocycles. The van der Waals surface area contributed by atoms with E-state index in [4.69, 9.17) is 0 Å². The van der Waals surface area contributed by atoms with E-state index in [0.29, 0.717) is 23.7 Å². The van der Waals surface area contributed by atoms with Gasteiger partial charge in [0.05, 0.1) is 6.33 Å². The van der Waals surface area contributed by atoms with E-state index in [1.807, 2.05) is 0 Å². The Bertz CT molecular complexity index is 1680. The lowest BCUT2D eigenvalue weighted by atomic mass is 9.89. The van der Waals surface area contributed by atoms with Crippen LogP contribution in [0.15, 0.2) is 71.8 Å². The van der Waals surface area contributed by atoms with Crippen LogP contribution in [0.25, 0.3) is 43.5 Å². The van der Waals surface area contributed by atoms with E-state index in [-0.39, 0.29) is 5.56 Å². The summed E-state index contributed by atoms with van der Waals surface area (Å²) in [5.74, 6) is 0.406. The lowest BCUT2D eigenvalue weighted by Gasteiger charge is -2.17. The number of nitrogens with zero attached hydrogens (tertiary/aromatic N) is 2. The Morgan fingerprint density at radius 2 is 1.68 bits per heavy atom. The molecule has 0 saturated carbocycles. The molecule has 3 N–H and O–H groups in total. The summed E-state index contributed by atoms with van der Waals surface area (Å²) in [5.41, 5.74) is 2.98. The molecule has 0 atom stereocenters. The minimum Gasteiger partial charge on any atom is -0.352 e. The Hall–Kier alpha value is -4.19. The van der Waals surface area contributed by atoms with E-state index < -0.39 is 0 Å². The third kappa shape index (κ3) is 2.69. The molecule has 0 unspecified atom stereocenters. The zero-order valence-electron chi connectivity index (χ0n) is 16.9. The first-order chi connectivity index (χ1) is 15.2. The first-order valence-corrected chi connectivity index (χ1v) is 10.2. The van der Waals surface area contributed by atoms with Crippen LogP contribution in [0.4, 0.5) is 5.95 Å². The first-order valence-electron chi connectivity index (χ1n) is 10.2. The fraction of sp³-hybridized carbons (Fsp3) is 0.0800. The van der Waals surface area contributed by atoms with Gasteiger partial charge in [0, 0.05) is 6.54 Å². The van der Waals surface area contributed by atoms with E-state index in [1.165, 1.54) is 49.8 Å². The van der Waals surface area contributed by atoms with Crippen molar-refractivity contribution in [3.63, 3.8) is 0 Å². The number of aromatic amines is 2. The highest BCUT2D eigenvalue weighted by Gasteiger charge is 2.14. The molecule has 0 fully saturated rings. The summed E-state index contributed by atoms with van der Waals surface area (Å²) in [5, 5.41) is 10.7. The van der Waals surface area contributed by atoms with E-state index in [1.54, 1.807) is 0 Å². The second kappa shape index (κ2) is 6.67. The fourth-order valence-corrected chi connectivity index (χ4v) is 4.57. The van der Waals surface area contributed by atoms with Gasteiger partial charge < -0.3 is 10.3 Å². The van der Waals surface area contributed by atoms with Gasteiger partial charge in [0.1, 0.15) is 0 Å². The van der Waals surface area contributed by atoms with Crippen LogP contribution in [-0.4, -0.2) is 19.9 Å². The summed E-state index contributed by atoms with van der Waals surface area (Å²) in [4.78, 5) is 26.4. The van der Waals surface area contributed by atoms with Gasteiger partial charge in [-0.2, -0.15) is 4.98 Å². The molecule has 0 spiro atoms. The Morgan fingerprint density at radius 3 is 2.55 bits per heavy atom. The number of anilines is 1. The second-order valence-corrected chi connectivity index (χ2v) is 7.73. The molecule has 0 aliphatic carbocycles. The Balaban J connectivity index is 1.57. The van der Waals surface area contributed by atoms with Crippen molar-refractivity contribution in [2.45, 2.75) is 13.5 Å². The normalized spacial score (nSPS) is 11.6. The van der Waals surface area contributed by atoms with Crippen molar-refractivity contribution in [1.82, 2.24) is 19.9 Å². The van der Waals surface area contributed by atoms with Crippen LogP contribution in [0.3, 0.4) is 0 Å². The number of hydrogen-bond acceptors (Lipinski definition) is 4. The monoisotopic (exact) mass is 405 g/mol. The predicted octanol–water partition coefficient (Wildman–Crippen LogP) is 5.03. The number of rotatable bonds is 3. The fourth-order valence-electron chi connectivity index (χ4n) is 4.57. The predicted molar refractivity (Wildman–Crippen MR) is 126 cm³/mol. The minimum absolute atomic E-state index is 0.241. The highest BCUT2D eigenvalue weighted by molar-refractivity contribution is 6.16. The van der Waals surface area contributed by atoms with Crippen molar-refractivity contribution in [1.29, 1.82) is 0 Å². The van der Waals surface area contributed by atoms with E-state index >= 15 is 0 Å². The van der Waals surface area contributed by atoms with E-state index in [0.717, 1.165) is 0 Å². The number of H-pyrrole nitrogens is 2. The van der Waals surface area contributed by atoms with Crippen LogP contribution in [0, 0.1) is 6.92 Å².